The fraction of sp³-hybridized carbons (Fsp3) is 0.556. The van der Waals surface area contributed by atoms with Crippen molar-refractivity contribution < 1.29 is 4.79 Å². The largest absolute Gasteiger partial charge is 0.354 e. The highest BCUT2D eigenvalue weighted by atomic mass is 16.1. The van der Waals surface area contributed by atoms with Crippen molar-refractivity contribution in [2.45, 2.75) is 52.0 Å². The van der Waals surface area contributed by atoms with Crippen LogP contribution in [0, 0.1) is 5.92 Å². The minimum atomic E-state index is 0.100. The Labute approximate surface area is 131 Å². The van der Waals surface area contributed by atoms with E-state index in [0.29, 0.717) is 12.5 Å². The maximum absolute atomic E-state index is 12.3. The molecule has 1 aromatic carbocycles. The number of carbonyl (C=O) groups is 1. The smallest absolute Gasteiger partial charge is 0.240 e. The van der Waals surface area contributed by atoms with Crippen LogP contribution < -0.4 is 5.32 Å². The third-order valence-electron chi connectivity index (χ3n) is 4.66. The molecule has 1 aliphatic carbocycles. The number of aromatic nitrogens is 2. The molecule has 1 amide bonds. The minimum Gasteiger partial charge on any atom is -0.354 e. The van der Waals surface area contributed by atoms with E-state index >= 15 is 0 Å². The van der Waals surface area contributed by atoms with Crippen LogP contribution in [0.4, 0.5) is 0 Å². The zero-order valence-electron chi connectivity index (χ0n) is 13.3. The van der Waals surface area contributed by atoms with Crippen LogP contribution in [-0.2, 0) is 17.8 Å². The number of para-hydroxylation sites is 2. The van der Waals surface area contributed by atoms with E-state index in [1.165, 1.54) is 32.1 Å². The molecular weight excluding hydrogens is 274 g/mol. The first-order valence-electron chi connectivity index (χ1n) is 8.48. The molecule has 1 aliphatic rings. The number of benzene rings is 1. The first kappa shape index (κ1) is 15.1. The molecular formula is C18H25N3O. The van der Waals surface area contributed by atoms with E-state index in [2.05, 4.69) is 17.2 Å². The Morgan fingerprint density at radius 3 is 2.82 bits per heavy atom. The summed E-state index contributed by atoms with van der Waals surface area (Å²) in [5, 5.41) is 3.12. The summed E-state index contributed by atoms with van der Waals surface area (Å²) in [6, 6.07) is 8.03. The molecule has 1 N–H and O–H groups in total. The van der Waals surface area contributed by atoms with E-state index in [1.54, 1.807) is 0 Å². The third-order valence-corrected chi connectivity index (χ3v) is 4.66. The SMILES string of the molecule is CCc1nc2ccccc2n1CC(=O)NCC1CCCCC1. The summed E-state index contributed by atoms with van der Waals surface area (Å²) in [4.78, 5) is 16.9. The number of imidazole rings is 1. The molecule has 22 heavy (non-hydrogen) atoms. The third kappa shape index (κ3) is 3.32. The summed E-state index contributed by atoms with van der Waals surface area (Å²) in [6.07, 6.45) is 7.33. The minimum absolute atomic E-state index is 0.100. The summed E-state index contributed by atoms with van der Waals surface area (Å²) >= 11 is 0. The first-order valence-corrected chi connectivity index (χ1v) is 8.48. The summed E-state index contributed by atoms with van der Waals surface area (Å²) < 4.78 is 2.05. The lowest BCUT2D eigenvalue weighted by atomic mass is 9.89. The van der Waals surface area contributed by atoms with Gasteiger partial charge in [-0.1, -0.05) is 38.3 Å². The molecule has 0 radical (unpaired) electrons. The van der Waals surface area contributed by atoms with Gasteiger partial charge >= 0.3 is 0 Å². The van der Waals surface area contributed by atoms with E-state index in [-0.39, 0.29) is 5.91 Å². The molecule has 0 saturated heterocycles. The molecule has 0 spiro atoms. The lowest BCUT2D eigenvalue weighted by Gasteiger charge is -2.21. The Bertz CT molecular complexity index is 641. The highest BCUT2D eigenvalue weighted by molar-refractivity contribution is 5.81. The highest BCUT2D eigenvalue weighted by Gasteiger charge is 2.16. The van der Waals surface area contributed by atoms with Crippen LogP contribution in [0.25, 0.3) is 11.0 Å². The van der Waals surface area contributed by atoms with Crippen molar-refractivity contribution >= 4 is 16.9 Å². The molecule has 1 aromatic heterocycles. The number of fused-ring (bicyclic) bond motifs is 1. The van der Waals surface area contributed by atoms with E-state index in [4.69, 9.17) is 0 Å². The molecule has 3 rings (SSSR count). The van der Waals surface area contributed by atoms with Gasteiger partial charge in [0.05, 0.1) is 11.0 Å². The number of carbonyl (C=O) groups excluding carboxylic acids is 1. The average molecular weight is 299 g/mol. The van der Waals surface area contributed by atoms with Crippen LogP contribution in [0.15, 0.2) is 24.3 Å². The molecule has 118 valence electrons. The van der Waals surface area contributed by atoms with Crippen molar-refractivity contribution in [3.05, 3.63) is 30.1 Å². The van der Waals surface area contributed by atoms with Crippen LogP contribution in [0.2, 0.25) is 0 Å². The fourth-order valence-electron chi connectivity index (χ4n) is 3.42. The standard InChI is InChI=1S/C18H25N3O/c1-2-17-20-15-10-6-7-11-16(15)21(17)13-18(22)19-12-14-8-4-3-5-9-14/h6-7,10-11,14H,2-5,8-9,12-13H2,1H3,(H,19,22). The molecule has 1 heterocycles. The number of aryl methyl sites for hydroxylation is 1. The number of rotatable bonds is 5. The number of nitrogens with one attached hydrogen (secondary N) is 1. The molecule has 0 atom stereocenters. The predicted molar refractivity (Wildman–Crippen MR) is 88.7 cm³/mol. The van der Waals surface area contributed by atoms with Crippen molar-refractivity contribution in [1.29, 1.82) is 0 Å². The maximum Gasteiger partial charge on any atom is 0.240 e. The Morgan fingerprint density at radius 1 is 1.27 bits per heavy atom. The topological polar surface area (TPSA) is 46.9 Å². The second kappa shape index (κ2) is 6.95. The van der Waals surface area contributed by atoms with Gasteiger partial charge in [0.15, 0.2) is 0 Å². The molecule has 1 fully saturated rings. The summed E-state index contributed by atoms with van der Waals surface area (Å²) in [5.41, 5.74) is 2.02. The molecule has 2 aromatic rings. The quantitative estimate of drug-likeness (QED) is 0.921. The van der Waals surface area contributed by atoms with E-state index < -0.39 is 0 Å². The molecule has 0 bridgehead atoms. The highest BCUT2D eigenvalue weighted by Crippen LogP contribution is 2.22. The van der Waals surface area contributed by atoms with Crippen LogP contribution in [-0.4, -0.2) is 22.0 Å². The van der Waals surface area contributed by atoms with Gasteiger partial charge in [-0.25, -0.2) is 4.98 Å². The number of hydrogen-bond acceptors (Lipinski definition) is 2. The predicted octanol–water partition coefficient (Wildman–Crippen LogP) is 3.30. The van der Waals surface area contributed by atoms with Crippen LogP contribution in [0.1, 0.15) is 44.9 Å². The van der Waals surface area contributed by atoms with Gasteiger partial charge in [-0.2, -0.15) is 0 Å². The maximum atomic E-state index is 12.3. The van der Waals surface area contributed by atoms with Crippen LogP contribution in [0.5, 0.6) is 0 Å². The van der Waals surface area contributed by atoms with Gasteiger partial charge in [-0.15, -0.1) is 0 Å². The van der Waals surface area contributed by atoms with Crippen molar-refractivity contribution in [3.8, 4) is 0 Å². The summed E-state index contributed by atoms with van der Waals surface area (Å²) in [6.45, 7) is 3.28. The number of nitrogens with zero attached hydrogens (tertiary/aromatic N) is 2. The van der Waals surface area contributed by atoms with Crippen molar-refractivity contribution in [2.24, 2.45) is 5.92 Å². The van der Waals surface area contributed by atoms with E-state index in [9.17, 15) is 4.79 Å². The molecule has 4 heteroatoms. The molecule has 4 nitrogen and oxygen atoms in total. The average Bonchev–Trinajstić information content (AvgIpc) is 2.92. The van der Waals surface area contributed by atoms with Gasteiger partial charge in [0, 0.05) is 13.0 Å². The number of hydrogen-bond donors (Lipinski definition) is 1. The number of amides is 1. The molecule has 1 saturated carbocycles. The normalized spacial score (nSPS) is 16.0. The Morgan fingerprint density at radius 2 is 2.05 bits per heavy atom. The second-order valence-corrected chi connectivity index (χ2v) is 6.26. The van der Waals surface area contributed by atoms with Crippen molar-refractivity contribution in [2.75, 3.05) is 6.54 Å². The van der Waals surface area contributed by atoms with Gasteiger partial charge in [0.2, 0.25) is 5.91 Å². The lowest BCUT2D eigenvalue weighted by Crippen LogP contribution is -2.33. The van der Waals surface area contributed by atoms with Crippen LogP contribution in [0.3, 0.4) is 0 Å². The lowest BCUT2D eigenvalue weighted by molar-refractivity contribution is -0.121. The fourth-order valence-corrected chi connectivity index (χ4v) is 3.42. The van der Waals surface area contributed by atoms with Gasteiger partial charge in [-0.3, -0.25) is 4.79 Å². The van der Waals surface area contributed by atoms with Gasteiger partial charge < -0.3 is 9.88 Å². The molecule has 0 aliphatic heterocycles. The zero-order valence-corrected chi connectivity index (χ0v) is 13.3. The first-order chi connectivity index (χ1) is 10.8. The second-order valence-electron chi connectivity index (χ2n) is 6.26. The Kier molecular flexibility index (Phi) is 4.76. The van der Waals surface area contributed by atoms with Crippen LogP contribution >= 0.6 is 0 Å². The van der Waals surface area contributed by atoms with Crippen molar-refractivity contribution in [3.63, 3.8) is 0 Å². The van der Waals surface area contributed by atoms with Crippen molar-refractivity contribution in [1.82, 2.24) is 14.9 Å². The van der Waals surface area contributed by atoms with E-state index in [1.807, 2.05) is 28.8 Å². The van der Waals surface area contributed by atoms with Gasteiger partial charge in [0.25, 0.3) is 0 Å². The summed E-state index contributed by atoms with van der Waals surface area (Å²) in [5.74, 6) is 1.75. The Hall–Kier alpha value is -1.84. The monoisotopic (exact) mass is 299 g/mol. The Balaban J connectivity index is 1.65. The van der Waals surface area contributed by atoms with Gasteiger partial charge in [0.1, 0.15) is 12.4 Å². The van der Waals surface area contributed by atoms with Gasteiger partial charge in [-0.05, 0) is 30.9 Å². The van der Waals surface area contributed by atoms with E-state index in [0.717, 1.165) is 29.8 Å². The molecule has 0 unspecified atom stereocenters. The summed E-state index contributed by atoms with van der Waals surface area (Å²) in [7, 11) is 0. The zero-order chi connectivity index (χ0) is 15.4.